The number of hydrogen-bond acceptors (Lipinski definition) is 4. The Balaban J connectivity index is 1.27. The van der Waals surface area contributed by atoms with Gasteiger partial charge in [0.1, 0.15) is 22.3 Å². The molecule has 0 N–H and O–H groups in total. The number of furan rings is 1. The molecule has 9 aromatic rings. The highest BCUT2D eigenvalue weighted by Gasteiger charge is 2.17. The minimum Gasteiger partial charge on any atom is -0.456 e. The fraction of sp³-hybridized carbons (Fsp3) is 0. The molecule has 5 nitrogen and oxygen atoms in total. The van der Waals surface area contributed by atoms with Crippen molar-refractivity contribution in [1.82, 2.24) is 9.55 Å². The van der Waals surface area contributed by atoms with E-state index in [4.69, 9.17) is 8.83 Å². The van der Waals surface area contributed by atoms with E-state index in [1.165, 1.54) is 0 Å². The Morgan fingerprint density at radius 1 is 0.512 bits per heavy atom. The number of rotatable bonds is 2. The number of pyridine rings is 1. The number of para-hydroxylation sites is 2. The quantitative estimate of drug-likeness (QED) is 0.210. The van der Waals surface area contributed by atoms with Crippen LogP contribution in [0.2, 0.25) is 0 Å². The highest BCUT2D eigenvalue weighted by atomic mass is 16.3. The van der Waals surface area contributed by atoms with E-state index in [9.17, 15) is 4.79 Å². The zero-order valence-corrected chi connectivity index (χ0v) is 21.7. The fourth-order valence-corrected chi connectivity index (χ4v) is 6.17. The summed E-state index contributed by atoms with van der Waals surface area (Å²) in [6.45, 7) is 0. The van der Waals surface area contributed by atoms with Gasteiger partial charge < -0.3 is 13.4 Å². The second-order valence-electron chi connectivity index (χ2n) is 10.4. The molecule has 0 bridgehead atoms. The van der Waals surface area contributed by atoms with E-state index in [1.54, 1.807) is 6.07 Å². The van der Waals surface area contributed by atoms with Crippen LogP contribution >= 0.6 is 0 Å². The molecule has 192 valence electrons. The van der Waals surface area contributed by atoms with Crippen molar-refractivity contribution in [2.45, 2.75) is 0 Å². The summed E-state index contributed by atoms with van der Waals surface area (Å²) in [5, 5.41) is 5.65. The Kier molecular flexibility index (Phi) is 4.41. The van der Waals surface area contributed by atoms with Crippen molar-refractivity contribution in [3.63, 3.8) is 0 Å². The van der Waals surface area contributed by atoms with Crippen LogP contribution in [0.5, 0.6) is 0 Å². The summed E-state index contributed by atoms with van der Waals surface area (Å²) in [5.74, 6) is 0. The first-order chi connectivity index (χ1) is 20.2. The molecule has 0 saturated heterocycles. The van der Waals surface area contributed by atoms with Gasteiger partial charge in [-0.1, -0.05) is 48.5 Å². The Hall–Kier alpha value is -5.68. The second-order valence-corrected chi connectivity index (χ2v) is 10.4. The third-order valence-corrected chi connectivity index (χ3v) is 8.08. The van der Waals surface area contributed by atoms with E-state index >= 15 is 0 Å². The largest absolute Gasteiger partial charge is 0.456 e. The van der Waals surface area contributed by atoms with Crippen molar-refractivity contribution in [3.8, 4) is 16.8 Å². The van der Waals surface area contributed by atoms with E-state index in [0.29, 0.717) is 21.9 Å². The maximum atomic E-state index is 13.1. The monoisotopic (exact) mass is 528 g/mol. The molecule has 0 aliphatic carbocycles. The molecule has 0 amide bonds. The molecular weight excluding hydrogens is 508 g/mol. The van der Waals surface area contributed by atoms with Gasteiger partial charge in [-0.15, -0.1) is 0 Å². The fourth-order valence-electron chi connectivity index (χ4n) is 6.17. The van der Waals surface area contributed by atoms with Gasteiger partial charge in [-0.2, -0.15) is 0 Å². The molecule has 0 spiro atoms. The maximum Gasteiger partial charge on any atom is 0.200 e. The lowest BCUT2D eigenvalue weighted by molar-refractivity contribution is 0.660. The van der Waals surface area contributed by atoms with Crippen LogP contribution in [0.3, 0.4) is 0 Å². The number of benzene rings is 5. The molecule has 0 aliphatic rings. The first-order valence-corrected chi connectivity index (χ1v) is 13.5. The van der Waals surface area contributed by atoms with Gasteiger partial charge in [0, 0.05) is 39.5 Å². The number of fused-ring (bicyclic) bond motifs is 8. The van der Waals surface area contributed by atoms with Crippen LogP contribution < -0.4 is 5.43 Å². The van der Waals surface area contributed by atoms with Crippen LogP contribution in [-0.4, -0.2) is 9.55 Å². The molecule has 0 radical (unpaired) electrons. The highest BCUT2D eigenvalue weighted by Crippen LogP contribution is 2.38. The highest BCUT2D eigenvalue weighted by molar-refractivity contribution is 6.17. The Morgan fingerprint density at radius 3 is 2.12 bits per heavy atom. The standard InChI is InChI=1S/C36H20N2O3/c39-36-26-9-2-4-11-33(26)41-34-17-22(12-13-27(34)36)21-6-5-7-23(16-21)38-30-19-35-29(25-8-1-3-10-32(25)40-35)18-28(30)24-14-15-37-20-31(24)38/h1-20H. The summed E-state index contributed by atoms with van der Waals surface area (Å²) in [4.78, 5) is 17.5. The minimum absolute atomic E-state index is 0.0168. The van der Waals surface area contributed by atoms with E-state index in [2.05, 4.69) is 58.1 Å². The van der Waals surface area contributed by atoms with E-state index in [1.807, 2.05) is 67.0 Å². The Labute approximate surface area is 232 Å². The van der Waals surface area contributed by atoms with Crippen molar-refractivity contribution in [1.29, 1.82) is 0 Å². The predicted octanol–water partition coefficient (Wildman–Crippen LogP) is 9.00. The third kappa shape index (κ3) is 3.17. The van der Waals surface area contributed by atoms with Gasteiger partial charge in [0.15, 0.2) is 0 Å². The van der Waals surface area contributed by atoms with Crippen LogP contribution in [0.15, 0.2) is 135 Å². The second kappa shape index (κ2) is 8.16. The zero-order valence-electron chi connectivity index (χ0n) is 21.7. The van der Waals surface area contributed by atoms with Gasteiger partial charge in [-0.05, 0) is 65.7 Å². The number of hydrogen-bond donors (Lipinski definition) is 0. The lowest BCUT2D eigenvalue weighted by Crippen LogP contribution is -2.01. The first-order valence-electron chi connectivity index (χ1n) is 13.5. The van der Waals surface area contributed by atoms with Crippen molar-refractivity contribution >= 4 is 65.7 Å². The van der Waals surface area contributed by atoms with Crippen molar-refractivity contribution in [3.05, 3.63) is 132 Å². The average Bonchev–Trinajstić information content (AvgIpc) is 3.54. The Morgan fingerprint density at radius 2 is 1.24 bits per heavy atom. The normalized spacial score (nSPS) is 12.0. The SMILES string of the molecule is O=c1c2ccccc2oc2cc(-c3cccc(-n4c5cnccc5c5cc6c(cc54)oc4ccccc46)c3)ccc12. The predicted molar refractivity (Wildman–Crippen MR) is 165 cm³/mol. The van der Waals surface area contributed by atoms with Crippen LogP contribution in [-0.2, 0) is 0 Å². The van der Waals surface area contributed by atoms with Gasteiger partial charge >= 0.3 is 0 Å². The molecule has 0 saturated carbocycles. The lowest BCUT2D eigenvalue weighted by Gasteiger charge is -2.11. The molecule has 9 rings (SSSR count). The van der Waals surface area contributed by atoms with Crippen LogP contribution in [0.25, 0.3) is 82.5 Å². The summed E-state index contributed by atoms with van der Waals surface area (Å²) >= 11 is 0. The molecule has 0 atom stereocenters. The topological polar surface area (TPSA) is 61.2 Å². The average molecular weight is 529 g/mol. The summed E-state index contributed by atoms with van der Waals surface area (Å²) in [6.07, 6.45) is 3.75. The molecule has 5 heteroatoms. The smallest absolute Gasteiger partial charge is 0.200 e. The van der Waals surface area contributed by atoms with Crippen molar-refractivity contribution in [2.75, 3.05) is 0 Å². The van der Waals surface area contributed by atoms with E-state index < -0.39 is 0 Å². The van der Waals surface area contributed by atoms with Gasteiger partial charge in [0.2, 0.25) is 5.43 Å². The Bertz CT molecular complexity index is 2570. The lowest BCUT2D eigenvalue weighted by atomic mass is 10.0. The van der Waals surface area contributed by atoms with Crippen LogP contribution in [0.1, 0.15) is 0 Å². The molecule has 41 heavy (non-hydrogen) atoms. The molecule has 0 unspecified atom stereocenters. The molecule has 0 fully saturated rings. The summed E-state index contributed by atoms with van der Waals surface area (Å²) in [6, 6.07) is 36.1. The van der Waals surface area contributed by atoms with Crippen molar-refractivity contribution < 1.29 is 8.83 Å². The zero-order chi connectivity index (χ0) is 27.1. The number of nitrogens with zero attached hydrogens (tertiary/aromatic N) is 2. The van der Waals surface area contributed by atoms with E-state index in [-0.39, 0.29) is 5.43 Å². The van der Waals surface area contributed by atoms with Crippen LogP contribution in [0.4, 0.5) is 0 Å². The minimum atomic E-state index is -0.0168. The first kappa shape index (κ1) is 22.2. The molecule has 0 aliphatic heterocycles. The molecule has 4 heterocycles. The molecular formula is C36H20N2O3. The van der Waals surface area contributed by atoms with Crippen molar-refractivity contribution in [2.24, 2.45) is 0 Å². The van der Waals surface area contributed by atoms with Gasteiger partial charge in [-0.25, -0.2) is 0 Å². The van der Waals surface area contributed by atoms with Gasteiger partial charge in [-0.3, -0.25) is 9.78 Å². The summed E-state index contributed by atoms with van der Waals surface area (Å²) in [5.41, 5.74) is 7.94. The van der Waals surface area contributed by atoms with E-state index in [0.717, 1.165) is 60.6 Å². The number of aromatic nitrogens is 2. The maximum absolute atomic E-state index is 13.1. The molecule has 4 aromatic heterocycles. The van der Waals surface area contributed by atoms with Crippen LogP contribution in [0, 0.1) is 0 Å². The van der Waals surface area contributed by atoms with Gasteiger partial charge in [0.25, 0.3) is 0 Å². The van der Waals surface area contributed by atoms with Gasteiger partial charge in [0.05, 0.1) is 28.0 Å². The summed E-state index contributed by atoms with van der Waals surface area (Å²) < 4.78 is 14.6. The molecule has 5 aromatic carbocycles. The third-order valence-electron chi connectivity index (χ3n) is 8.08. The summed E-state index contributed by atoms with van der Waals surface area (Å²) in [7, 11) is 0.